The minimum atomic E-state index is 1.02. The fourth-order valence-electron chi connectivity index (χ4n) is 2.50. The van der Waals surface area contributed by atoms with Crippen molar-refractivity contribution in [2.45, 2.75) is 53.4 Å². The van der Waals surface area contributed by atoms with Gasteiger partial charge in [-0.3, -0.25) is 0 Å². The van der Waals surface area contributed by atoms with Gasteiger partial charge in [0.1, 0.15) is 0 Å². The van der Waals surface area contributed by atoms with Gasteiger partial charge >= 0.3 is 0 Å². The molecule has 3 rings (SSSR count). The molecule has 1 aliphatic rings. The van der Waals surface area contributed by atoms with Gasteiger partial charge < -0.3 is 0 Å². The summed E-state index contributed by atoms with van der Waals surface area (Å²) in [6.45, 7) is 8.90. The lowest BCUT2D eigenvalue weighted by Crippen LogP contribution is -2.08. The van der Waals surface area contributed by atoms with E-state index in [9.17, 15) is 0 Å². The van der Waals surface area contributed by atoms with Gasteiger partial charge in [0, 0.05) is 0 Å². The van der Waals surface area contributed by atoms with Crippen LogP contribution in [0.15, 0.2) is 60.7 Å². The second-order valence-electron chi connectivity index (χ2n) is 6.67. The highest BCUT2D eigenvalue weighted by Crippen LogP contribution is 2.27. The summed E-state index contributed by atoms with van der Waals surface area (Å²) in [5.74, 6) is 2.04. The first-order valence-corrected chi connectivity index (χ1v) is 8.61. The third-order valence-electron chi connectivity index (χ3n) is 4.19. The zero-order chi connectivity index (χ0) is 16.2. The molecule has 1 saturated carbocycles. The number of hydrogen-bond donors (Lipinski definition) is 0. The molecule has 0 aliphatic heterocycles. The third-order valence-corrected chi connectivity index (χ3v) is 4.19. The van der Waals surface area contributed by atoms with Crippen molar-refractivity contribution in [3.8, 4) is 0 Å². The molecule has 0 aromatic heterocycles. The van der Waals surface area contributed by atoms with E-state index < -0.39 is 0 Å². The first-order chi connectivity index (χ1) is 10.6. The van der Waals surface area contributed by atoms with Crippen LogP contribution in [-0.4, -0.2) is 0 Å². The predicted octanol–water partition coefficient (Wildman–Crippen LogP) is 6.82. The Kier molecular flexibility index (Phi) is 9.30. The summed E-state index contributed by atoms with van der Waals surface area (Å²) in [4.78, 5) is 0. The van der Waals surface area contributed by atoms with Crippen LogP contribution in [0.4, 0.5) is 0 Å². The average molecular weight is 296 g/mol. The lowest BCUT2D eigenvalue weighted by Gasteiger charge is -2.22. The Hall–Kier alpha value is -1.56. The second kappa shape index (κ2) is 11.1. The van der Waals surface area contributed by atoms with Gasteiger partial charge in [-0.1, -0.05) is 111 Å². The zero-order valence-corrected chi connectivity index (χ0v) is 14.8. The first kappa shape index (κ1) is 18.5. The van der Waals surface area contributed by atoms with Crippen LogP contribution in [0.5, 0.6) is 0 Å². The minimum Gasteiger partial charge on any atom is -0.0625 e. The summed E-state index contributed by atoms with van der Waals surface area (Å²) in [5, 5.41) is 0. The van der Waals surface area contributed by atoms with Crippen LogP contribution in [0.1, 0.15) is 50.7 Å². The SMILES string of the molecule is CC1CCC(C)CC1.Cc1ccccc1.Cc1ccccc1. The van der Waals surface area contributed by atoms with Gasteiger partial charge in [0.2, 0.25) is 0 Å². The number of hydrogen-bond acceptors (Lipinski definition) is 0. The van der Waals surface area contributed by atoms with Crippen LogP contribution in [-0.2, 0) is 0 Å². The lowest BCUT2D eigenvalue weighted by atomic mass is 9.84. The molecule has 0 atom stereocenters. The molecule has 0 radical (unpaired) electrons. The molecule has 2 aromatic rings. The molecule has 0 N–H and O–H groups in total. The molecule has 1 fully saturated rings. The smallest absolute Gasteiger partial charge is 0.0398 e. The summed E-state index contributed by atoms with van der Waals surface area (Å²) in [6.07, 6.45) is 5.89. The quantitative estimate of drug-likeness (QED) is 0.500. The number of aryl methyl sites for hydroxylation is 2. The lowest BCUT2D eigenvalue weighted by molar-refractivity contribution is 0.308. The largest absolute Gasteiger partial charge is 0.0625 e. The monoisotopic (exact) mass is 296 g/mol. The molecule has 0 saturated heterocycles. The Balaban J connectivity index is 0.000000166. The Bertz CT molecular complexity index is 416. The number of benzene rings is 2. The number of rotatable bonds is 0. The van der Waals surface area contributed by atoms with Crippen LogP contribution in [0, 0.1) is 25.7 Å². The predicted molar refractivity (Wildman–Crippen MR) is 99.2 cm³/mol. The van der Waals surface area contributed by atoms with E-state index in [1.165, 1.54) is 36.8 Å². The van der Waals surface area contributed by atoms with Crippen molar-refractivity contribution in [1.29, 1.82) is 0 Å². The van der Waals surface area contributed by atoms with Crippen LogP contribution >= 0.6 is 0 Å². The summed E-state index contributed by atoms with van der Waals surface area (Å²) in [6, 6.07) is 20.5. The molecule has 0 spiro atoms. The highest BCUT2D eigenvalue weighted by Gasteiger charge is 2.13. The summed E-state index contributed by atoms with van der Waals surface area (Å²) in [7, 11) is 0. The van der Waals surface area contributed by atoms with Crippen LogP contribution < -0.4 is 0 Å². The standard InChI is InChI=1S/C8H16.2C7H8/c1-7-3-5-8(2)6-4-7;2*1-7-5-3-2-4-6-7/h7-8H,3-6H2,1-2H3;2*2-6H,1H3. The van der Waals surface area contributed by atoms with E-state index in [4.69, 9.17) is 0 Å². The average Bonchev–Trinajstić information content (AvgIpc) is 2.53. The van der Waals surface area contributed by atoms with Gasteiger partial charge in [0.15, 0.2) is 0 Å². The Morgan fingerprint density at radius 1 is 0.545 bits per heavy atom. The molecule has 120 valence electrons. The summed E-state index contributed by atoms with van der Waals surface area (Å²) in [5.41, 5.74) is 2.64. The summed E-state index contributed by atoms with van der Waals surface area (Å²) < 4.78 is 0. The van der Waals surface area contributed by atoms with E-state index in [2.05, 4.69) is 52.0 Å². The highest BCUT2D eigenvalue weighted by atomic mass is 14.2. The van der Waals surface area contributed by atoms with E-state index in [1.54, 1.807) is 0 Å². The van der Waals surface area contributed by atoms with Crippen LogP contribution in [0.25, 0.3) is 0 Å². The van der Waals surface area contributed by atoms with Gasteiger partial charge in [0.25, 0.3) is 0 Å². The normalized spacial score (nSPS) is 20.0. The van der Waals surface area contributed by atoms with E-state index in [-0.39, 0.29) is 0 Å². The molecule has 0 amide bonds. The fraction of sp³-hybridized carbons (Fsp3) is 0.455. The van der Waals surface area contributed by atoms with Gasteiger partial charge in [-0.05, 0) is 25.7 Å². The van der Waals surface area contributed by atoms with Crippen molar-refractivity contribution in [2.75, 3.05) is 0 Å². The molecule has 22 heavy (non-hydrogen) atoms. The summed E-state index contributed by atoms with van der Waals surface area (Å²) >= 11 is 0. The Morgan fingerprint density at radius 2 is 0.818 bits per heavy atom. The highest BCUT2D eigenvalue weighted by molar-refractivity contribution is 5.12. The van der Waals surface area contributed by atoms with Crippen molar-refractivity contribution in [3.05, 3.63) is 71.8 Å². The molecular weight excluding hydrogens is 264 g/mol. The molecule has 0 heterocycles. The van der Waals surface area contributed by atoms with Crippen molar-refractivity contribution >= 4 is 0 Å². The van der Waals surface area contributed by atoms with Crippen molar-refractivity contribution in [2.24, 2.45) is 11.8 Å². The van der Waals surface area contributed by atoms with Gasteiger partial charge in [0.05, 0.1) is 0 Å². The Labute approximate surface area is 137 Å². The maximum atomic E-state index is 2.37. The Morgan fingerprint density at radius 3 is 1.00 bits per heavy atom. The first-order valence-electron chi connectivity index (χ1n) is 8.61. The molecular formula is C22H32. The topological polar surface area (TPSA) is 0 Å². The maximum Gasteiger partial charge on any atom is -0.0398 e. The second-order valence-corrected chi connectivity index (χ2v) is 6.67. The van der Waals surface area contributed by atoms with Gasteiger partial charge in [-0.25, -0.2) is 0 Å². The maximum absolute atomic E-state index is 2.37. The van der Waals surface area contributed by atoms with Gasteiger partial charge in [-0.15, -0.1) is 0 Å². The zero-order valence-electron chi connectivity index (χ0n) is 14.8. The molecule has 0 bridgehead atoms. The molecule has 0 unspecified atom stereocenters. The van der Waals surface area contributed by atoms with Crippen molar-refractivity contribution in [3.63, 3.8) is 0 Å². The van der Waals surface area contributed by atoms with Crippen molar-refractivity contribution in [1.82, 2.24) is 0 Å². The van der Waals surface area contributed by atoms with Gasteiger partial charge in [-0.2, -0.15) is 0 Å². The van der Waals surface area contributed by atoms with Crippen LogP contribution in [0.3, 0.4) is 0 Å². The molecule has 2 aromatic carbocycles. The van der Waals surface area contributed by atoms with E-state index >= 15 is 0 Å². The van der Waals surface area contributed by atoms with Crippen molar-refractivity contribution < 1.29 is 0 Å². The molecule has 1 aliphatic carbocycles. The minimum absolute atomic E-state index is 1.02. The van der Waals surface area contributed by atoms with Crippen LogP contribution in [0.2, 0.25) is 0 Å². The fourth-order valence-corrected chi connectivity index (χ4v) is 2.50. The third kappa shape index (κ3) is 9.39. The molecule has 0 heteroatoms. The van der Waals surface area contributed by atoms with E-state index in [0.717, 1.165) is 11.8 Å². The van der Waals surface area contributed by atoms with E-state index in [1.807, 2.05) is 36.4 Å². The van der Waals surface area contributed by atoms with E-state index in [0.29, 0.717) is 0 Å². The molecule has 0 nitrogen and oxygen atoms in total.